The van der Waals surface area contributed by atoms with Crippen molar-refractivity contribution in [3.05, 3.63) is 53.3 Å². The van der Waals surface area contributed by atoms with Gasteiger partial charge in [-0.25, -0.2) is 0 Å². The number of hydrogen-bond acceptors (Lipinski definition) is 3. The van der Waals surface area contributed by atoms with Gasteiger partial charge < -0.3 is 10.2 Å². The maximum atomic E-state index is 13.0. The van der Waals surface area contributed by atoms with E-state index in [4.69, 9.17) is 0 Å². The molecule has 1 fully saturated rings. The SMILES string of the molecule is CC(C)c1cc(C(=O)N2CCCNC(=O)C2Cc2ccccc2)n[nH]1. The number of aromatic nitrogens is 2. The Bertz CT molecular complexity index is 739. The fraction of sp³-hybridized carbons (Fsp3) is 0.421. The van der Waals surface area contributed by atoms with E-state index in [1.165, 1.54) is 0 Å². The quantitative estimate of drug-likeness (QED) is 0.895. The van der Waals surface area contributed by atoms with Crippen LogP contribution in [-0.4, -0.2) is 46.0 Å². The van der Waals surface area contributed by atoms with Gasteiger partial charge in [-0.1, -0.05) is 44.2 Å². The Morgan fingerprint density at radius 2 is 2.08 bits per heavy atom. The molecule has 1 unspecified atom stereocenters. The number of rotatable bonds is 4. The molecule has 1 aliphatic heterocycles. The first kappa shape index (κ1) is 17.2. The molecule has 0 spiro atoms. The lowest BCUT2D eigenvalue weighted by Crippen LogP contribution is -2.48. The molecule has 25 heavy (non-hydrogen) atoms. The van der Waals surface area contributed by atoms with Crippen molar-refractivity contribution >= 4 is 11.8 Å². The zero-order chi connectivity index (χ0) is 17.8. The van der Waals surface area contributed by atoms with Crippen LogP contribution in [0.15, 0.2) is 36.4 Å². The number of carbonyl (C=O) groups excluding carboxylic acids is 2. The number of H-pyrrole nitrogens is 1. The summed E-state index contributed by atoms with van der Waals surface area (Å²) in [6.45, 7) is 5.21. The molecule has 1 saturated heterocycles. The van der Waals surface area contributed by atoms with Crippen molar-refractivity contribution in [2.24, 2.45) is 0 Å². The highest BCUT2D eigenvalue weighted by atomic mass is 16.2. The summed E-state index contributed by atoms with van der Waals surface area (Å²) < 4.78 is 0. The largest absolute Gasteiger partial charge is 0.354 e. The molecule has 1 aromatic carbocycles. The lowest BCUT2D eigenvalue weighted by Gasteiger charge is -2.28. The second-order valence-electron chi connectivity index (χ2n) is 6.71. The molecule has 0 bridgehead atoms. The molecule has 6 nitrogen and oxygen atoms in total. The van der Waals surface area contributed by atoms with Gasteiger partial charge in [0.1, 0.15) is 11.7 Å². The van der Waals surface area contributed by atoms with Crippen LogP contribution in [0, 0.1) is 0 Å². The number of hydrogen-bond donors (Lipinski definition) is 2. The van der Waals surface area contributed by atoms with Gasteiger partial charge in [0, 0.05) is 25.2 Å². The molecule has 3 rings (SSSR count). The molecule has 2 amide bonds. The average Bonchev–Trinajstić information content (AvgIpc) is 3.04. The second kappa shape index (κ2) is 7.51. The van der Waals surface area contributed by atoms with Crippen molar-refractivity contribution in [3.63, 3.8) is 0 Å². The minimum Gasteiger partial charge on any atom is -0.354 e. The zero-order valence-corrected chi connectivity index (χ0v) is 14.7. The Balaban J connectivity index is 1.86. The van der Waals surface area contributed by atoms with E-state index in [1.54, 1.807) is 11.0 Å². The summed E-state index contributed by atoms with van der Waals surface area (Å²) in [6, 6.07) is 11.1. The highest BCUT2D eigenvalue weighted by Gasteiger charge is 2.33. The molecule has 6 heteroatoms. The first-order valence-corrected chi connectivity index (χ1v) is 8.74. The van der Waals surface area contributed by atoms with E-state index >= 15 is 0 Å². The van der Waals surface area contributed by atoms with E-state index in [-0.39, 0.29) is 17.7 Å². The number of aromatic amines is 1. The van der Waals surface area contributed by atoms with E-state index in [1.807, 2.05) is 44.2 Å². The van der Waals surface area contributed by atoms with Crippen LogP contribution in [0.3, 0.4) is 0 Å². The summed E-state index contributed by atoms with van der Waals surface area (Å²) in [7, 11) is 0. The van der Waals surface area contributed by atoms with E-state index in [0.717, 1.165) is 17.7 Å². The van der Waals surface area contributed by atoms with Crippen LogP contribution in [0.4, 0.5) is 0 Å². The average molecular weight is 340 g/mol. The molecule has 1 atom stereocenters. The predicted molar refractivity (Wildman–Crippen MR) is 95.3 cm³/mol. The number of benzene rings is 1. The van der Waals surface area contributed by atoms with Gasteiger partial charge in [0.15, 0.2) is 0 Å². The molecule has 0 saturated carbocycles. The summed E-state index contributed by atoms with van der Waals surface area (Å²) in [5, 5.41) is 9.99. The summed E-state index contributed by atoms with van der Waals surface area (Å²) in [4.78, 5) is 27.2. The highest BCUT2D eigenvalue weighted by Crippen LogP contribution is 2.18. The van der Waals surface area contributed by atoms with Crippen molar-refractivity contribution in [2.75, 3.05) is 13.1 Å². The lowest BCUT2D eigenvalue weighted by molar-refractivity contribution is -0.124. The number of nitrogens with one attached hydrogen (secondary N) is 2. The third-order valence-corrected chi connectivity index (χ3v) is 4.53. The van der Waals surface area contributed by atoms with E-state index in [0.29, 0.717) is 25.2 Å². The van der Waals surface area contributed by atoms with Crippen LogP contribution in [0.5, 0.6) is 0 Å². The lowest BCUT2D eigenvalue weighted by atomic mass is 10.0. The van der Waals surface area contributed by atoms with Gasteiger partial charge in [-0.2, -0.15) is 5.10 Å². The Labute approximate surface area is 147 Å². The van der Waals surface area contributed by atoms with Crippen LogP contribution in [0.2, 0.25) is 0 Å². The van der Waals surface area contributed by atoms with Crippen molar-refractivity contribution in [1.29, 1.82) is 0 Å². The van der Waals surface area contributed by atoms with Gasteiger partial charge in [-0.15, -0.1) is 0 Å². The van der Waals surface area contributed by atoms with Gasteiger partial charge in [0.2, 0.25) is 5.91 Å². The predicted octanol–water partition coefficient (Wildman–Crippen LogP) is 2.11. The minimum atomic E-state index is -0.517. The molecular weight excluding hydrogens is 316 g/mol. The zero-order valence-electron chi connectivity index (χ0n) is 14.7. The van der Waals surface area contributed by atoms with Crippen LogP contribution in [-0.2, 0) is 11.2 Å². The van der Waals surface area contributed by atoms with E-state index < -0.39 is 6.04 Å². The number of nitrogens with zero attached hydrogens (tertiary/aromatic N) is 2. The molecule has 1 aromatic heterocycles. The summed E-state index contributed by atoms with van der Waals surface area (Å²) in [5.41, 5.74) is 2.32. The van der Waals surface area contributed by atoms with Crippen molar-refractivity contribution in [2.45, 2.75) is 38.6 Å². The smallest absolute Gasteiger partial charge is 0.275 e. The molecule has 0 aliphatic carbocycles. The third-order valence-electron chi connectivity index (χ3n) is 4.53. The third kappa shape index (κ3) is 3.90. The first-order valence-electron chi connectivity index (χ1n) is 8.74. The molecule has 2 N–H and O–H groups in total. The monoisotopic (exact) mass is 340 g/mol. The van der Waals surface area contributed by atoms with Gasteiger partial charge in [0.05, 0.1) is 0 Å². The topological polar surface area (TPSA) is 78.1 Å². The maximum Gasteiger partial charge on any atom is 0.275 e. The van der Waals surface area contributed by atoms with Gasteiger partial charge >= 0.3 is 0 Å². The fourth-order valence-electron chi connectivity index (χ4n) is 3.05. The van der Waals surface area contributed by atoms with E-state index in [2.05, 4.69) is 15.5 Å². The molecule has 132 valence electrons. The minimum absolute atomic E-state index is 0.102. The Hall–Kier alpha value is -2.63. The number of amides is 2. The van der Waals surface area contributed by atoms with Crippen LogP contribution in [0.1, 0.15) is 47.9 Å². The van der Waals surface area contributed by atoms with Crippen molar-refractivity contribution in [3.8, 4) is 0 Å². The Morgan fingerprint density at radius 1 is 1.32 bits per heavy atom. The van der Waals surface area contributed by atoms with Crippen molar-refractivity contribution in [1.82, 2.24) is 20.4 Å². The molecule has 0 radical (unpaired) electrons. The van der Waals surface area contributed by atoms with E-state index in [9.17, 15) is 9.59 Å². The van der Waals surface area contributed by atoms with Gasteiger partial charge in [-0.05, 0) is 24.0 Å². The summed E-state index contributed by atoms with van der Waals surface area (Å²) in [5.74, 6) is -0.0305. The standard InChI is InChI=1S/C19H24N4O2/c1-13(2)15-12-16(22-21-15)19(25)23-10-6-9-20-18(24)17(23)11-14-7-4-3-5-8-14/h3-5,7-8,12-13,17H,6,9-11H2,1-2H3,(H,20,24)(H,21,22). The molecule has 1 aliphatic rings. The molecular formula is C19H24N4O2. The summed E-state index contributed by atoms with van der Waals surface area (Å²) >= 11 is 0. The molecule has 2 heterocycles. The first-order chi connectivity index (χ1) is 12.1. The Kier molecular flexibility index (Phi) is 5.16. The number of carbonyl (C=O) groups is 2. The summed E-state index contributed by atoms with van der Waals surface area (Å²) in [6.07, 6.45) is 1.24. The fourth-order valence-corrected chi connectivity index (χ4v) is 3.05. The van der Waals surface area contributed by atoms with Gasteiger partial charge in [-0.3, -0.25) is 14.7 Å². The highest BCUT2D eigenvalue weighted by molar-refractivity contribution is 5.96. The normalized spacial score (nSPS) is 18.1. The van der Waals surface area contributed by atoms with Crippen LogP contribution < -0.4 is 5.32 Å². The maximum absolute atomic E-state index is 13.0. The second-order valence-corrected chi connectivity index (χ2v) is 6.71. The van der Waals surface area contributed by atoms with Crippen molar-refractivity contribution < 1.29 is 9.59 Å². The van der Waals surface area contributed by atoms with Crippen LogP contribution in [0.25, 0.3) is 0 Å². The Morgan fingerprint density at radius 3 is 2.76 bits per heavy atom. The molecule has 2 aromatic rings. The van der Waals surface area contributed by atoms with Gasteiger partial charge in [0.25, 0.3) is 5.91 Å². The van der Waals surface area contributed by atoms with Crippen LogP contribution >= 0.6 is 0 Å².